The molecule has 0 N–H and O–H groups in total. The van der Waals surface area contributed by atoms with Crippen molar-refractivity contribution in [2.24, 2.45) is 0 Å². The lowest BCUT2D eigenvalue weighted by molar-refractivity contribution is -0.132. The highest BCUT2D eigenvalue weighted by atomic mass is 16.6. The molecule has 0 amide bonds. The lowest BCUT2D eigenvalue weighted by atomic mass is 10.0. The summed E-state index contributed by atoms with van der Waals surface area (Å²) in [6.07, 6.45) is 17.0. The molecule has 3 nitrogen and oxygen atoms in total. The van der Waals surface area contributed by atoms with Crippen molar-refractivity contribution < 1.29 is 14.3 Å². The number of carbonyl (C=O) groups excluding carboxylic acids is 1. The Hall–Kier alpha value is -1.53. The molecule has 0 aromatic carbocycles. The minimum atomic E-state index is -0.395. The number of ether oxygens (including phenoxy) is 2. The van der Waals surface area contributed by atoms with Gasteiger partial charge in [-0.1, -0.05) is 44.8 Å². The van der Waals surface area contributed by atoms with E-state index in [1.807, 2.05) is 6.08 Å². The van der Waals surface area contributed by atoms with Gasteiger partial charge in [0, 0.05) is 13.5 Å². The van der Waals surface area contributed by atoms with Crippen LogP contribution < -0.4 is 0 Å². The van der Waals surface area contributed by atoms with Gasteiger partial charge in [-0.15, -0.1) is 12.3 Å². The molecule has 0 aromatic heterocycles. The zero-order valence-corrected chi connectivity index (χ0v) is 13.0. The van der Waals surface area contributed by atoms with Gasteiger partial charge in [0.2, 0.25) is 0 Å². The van der Waals surface area contributed by atoms with Gasteiger partial charge < -0.3 is 9.47 Å². The first-order valence-corrected chi connectivity index (χ1v) is 7.78. The standard InChI is InChI=1S/C18H26O3/c1-4-5-6-7-8-9-10-11-12-13-14-16-17(20-3)15(2)21-18(16)19/h1,14,17H,2,5-13H2,3H3. The Morgan fingerprint density at radius 3 is 2.48 bits per heavy atom. The molecule has 21 heavy (non-hydrogen) atoms. The SMILES string of the molecule is C#CCCCCCCCCCC=C1C(=O)OC(=C)C1OC. The van der Waals surface area contributed by atoms with Gasteiger partial charge in [-0.25, -0.2) is 4.79 Å². The van der Waals surface area contributed by atoms with Crippen LogP contribution in [0.5, 0.6) is 0 Å². The number of carbonyl (C=O) groups is 1. The van der Waals surface area contributed by atoms with Crippen LogP contribution in [0.4, 0.5) is 0 Å². The van der Waals surface area contributed by atoms with E-state index in [-0.39, 0.29) is 5.97 Å². The number of methoxy groups -OCH3 is 1. The van der Waals surface area contributed by atoms with Crippen molar-refractivity contribution in [2.45, 2.75) is 63.9 Å². The molecule has 0 spiro atoms. The van der Waals surface area contributed by atoms with Gasteiger partial charge in [-0.05, 0) is 19.3 Å². The molecule has 0 radical (unpaired) electrons. The van der Waals surface area contributed by atoms with Crippen molar-refractivity contribution in [3.63, 3.8) is 0 Å². The summed E-state index contributed by atoms with van der Waals surface area (Å²) in [7, 11) is 1.56. The third kappa shape index (κ3) is 6.18. The molecular weight excluding hydrogens is 264 g/mol. The quantitative estimate of drug-likeness (QED) is 0.262. The highest BCUT2D eigenvalue weighted by Gasteiger charge is 2.34. The number of hydrogen-bond donors (Lipinski definition) is 0. The maximum Gasteiger partial charge on any atom is 0.341 e. The molecule has 3 heteroatoms. The fourth-order valence-electron chi connectivity index (χ4n) is 2.47. The monoisotopic (exact) mass is 290 g/mol. The third-order valence-corrected chi connectivity index (χ3v) is 3.66. The first-order chi connectivity index (χ1) is 10.2. The van der Waals surface area contributed by atoms with Crippen LogP contribution in [0.2, 0.25) is 0 Å². The molecule has 1 saturated heterocycles. The van der Waals surface area contributed by atoms with E-state index in [1.165, 1.54) is 32.1 Å². The Kier molecular flexibility index (Phi) is 8.54. The largest absolute Gasteiger partial charge is 0.425 e. The van der Waals surface area contributed by atoms with Crippen molar-refractivity contribution in [3.8, 4) is 12.3 Å². The normalized spacial score (nSPS) is 19.8. The van der Waals surface area contributed by atoms with Crippen LogP contribution in [0.25, 0.3) is 0 Å². The van der Waals surface area contributed by atoms with Crippen LogP contribution >= 0.6 is 0 Å². The van der Waals surface area contributed by atoms with Crippen molar-refractivity contribution >= 4 is 5.97 Å². The van der Waals surface area contributed by atoms with E-state index in [0.717, 1.165) is 25.7 Å². The summed E-state index contributed by atoms with van der Waals surface area (Å²) in [6, 6.07) is 0. The van der Waals surface area contributed by atoms with Crippen LogP contribution in [-0.2, 0) is 14.3 Å². The van der Waals surface area contributed by atoms with Crippen molar-refractivity contribution in [2.75, 3.05) is 7.11 Å². The van der Waals surface area contributed by atoms with E-state index in [0.29, 0.717) is 11.3 Å². The predicted octanol–water partition coefficient (Wildman–Crippen LogP) is 4.14. The minimum absolute atomic E-state index is 0.319. The summed E-state index contributed by atoms with van der Waals surface area (Å²) in [4.78, 5) is 11.6. The number of esters is 1. The number of cyclic esters (lactones) is 1. The van der Waals surface area contributed by atoms with Crippen LogP contribution in [0.1, 0.15) is 57.8 Å². The van der Waals surface area contributed by atoms with E-state index in [9.17, 15) is 4.79 Å². The van der Waals surface area contributed by atoms with Gasteiger partial charge in [0.05, 0.1) is 5.57 Å². The van der Waals surface area contributed by atoms with Crippen molar-refractivity contribution in [1.82, 2.24) is 0 Å². The van der Waals surface area contributed by atoms with Crippen molar-refractivity contribution in [1.29, 1.82) is 0 Å². The number of rotatable bonds is 10. The lowest BCUT2D eigenvalue weighted by Gasteiger charge is -2.06. The van der Waals surface area contributed by atoms with Gasteiger partial charge in [0.1, 0.15) is 11.9 Å². The second-order valence-corrected chi connectivity index (χ2v) is 5.35. The maximum atomic E-state index is 11.6. The first kappa shape index (κ1) is 17.5. The molecular formula is C18H26O3. The summed E-state index contributed by atoms with van der Waals surface area (Å²) in [6.45, 7) is 3.69. The van der Waals surface area contributed by atoms with E-state index in [1.54, 1.807) is 7.11 Å². The summed E-state index contributed by atoms with van der Waals surface area (Å²) in [5, 5.41) is 0. The second-order valence-electron chi connectivity index (χ2n) is 5.35. The molecule has 1 unspecified atom stereocenters. The lowest BCUT2D eigenvalue weighted by Crippen LogP contribution is -2.11. The molecule has 1 aliphatic rings. The molecule has 1 fully saturated rings. The van der Waals surface area contributed by atoms with Crippen LogP contribution in [0.15, 0.2) is 24.0 Å². The Morgan fingerprint density at radius 2 is 1.86 bits per heavy atom. The zero-order valence-electron chi connectivity index (χ0n) is 13.0. The zero-order chi connectivity index (χ0) is 15.5. The summed E-state index contributed by atoms with van der Waals surface area (Å²) < 4.78 is 10.2. The summed E-state index contributed by atoms with van der Waals surface area (Å²) in [5.74, 6) is 2.74. The number of unbranched alkanes of at least 4 members (excludes halogenated alkanes) is 8. The van der Waals surface area contributed by atoms with Crippen LogP contribution in [0.3, 0.4) is 0 Å². The Labute approximate surface area is 128 Å². The summed E-state index contributed by atoms with van der Waals surface area (Å²) >= 11 is 0. The van der Waals surface area contributed by atoms with E-state index >= 15 is 0 Å². The minimum Gasteiger partial charge on any atom is -0.425 e. The highest BCUT2D eigenvalue weighted by molar-refractivity contribution is 5.94. The number of terminal acetylenes is 1. The van der Waals surface area contributed by atoms with Crippen LogP contribution in [0, 0.1) is 12.3 Å². The maximum absolute atomic E-state index is 11.6. The Morgan fingerprint density at radius 1 is 1.24 bits per heavy atom. The molecule has 0 saturated carbocycles. The van der Waals surface area contributed by atoms with Gasteiger partial charge in [0.15, 0.2) is 0 Å². The van der Waals surface area contributed by atoms with E-state index < -0.39 is 6.10 Å². The molecule has 0 bridgehead atoms. The molecule has 0 aromatic rings. The molecule has 1 heterocycles. The van der Waals surface area contributed by atoms with Crippen LogP contribution in [-0.4, -0.2) is 19.2 Å². The summed E-state index contributed by atoms with van der Waals surface area (Å²) in [5.41, 5.74) is 0.594. The Balaban J connectivity index is 2.10. The van der Waals surface area contributed by atoms with Gasteiger partial charge >= 0.3 is 5.97 Å². The van der Waals surface area contributed by atoms with E-state index in [4.69, 9.17) is 15.9 Å². The number of allylic oxidation sites excluding steroid dienone is 1. The predicted molar refractivity (Wildman–Crippen MR) is 84.5 cm³/mol. The average Bonchev–Trinajstić information content (AvgIpc) is 2.74. The van der Waals surface area contributed by atoms with Gasteiger partial charge in [-0.2, -0.15) is 0 Å². The van der Waals surface area contributed by atoms with Crippen molar-refractivity contribution in [3.05, 3.63) is 24.0 Å². The highest BCUT2D eigenvalue weighted by Crippen LogP contribution is 2.26. The van der Waals surface area contributed by atoms with Gasteiger partial charge in [-0.3, -0.25) is 0 Å². The van der Waals surface area contributed by atoms with E-state index in [2.05, 4.69) is 12.5 Å². The topological polar surface area (TPSA) is 35.5 Å². The molecule has 116 valence electrons. The number of hydrogen-bond acceptors (Lipinski definition) is 3. The molecule has 1 atom stereocenters. The molecule has 1 rings (SSSR count). The fraction of sp³-hybridized carbons (Fsp3) is 0.611. The molecule has 1 aliphatic heterocycles. The first-order valence-electron chi connectivity index (χ1n) is 7.78. The third-order valence-electron chi connectivity index (χ3n) is 3.66. The second kappa shape index (κ2) is 10.2. The molecule has 0 aliphatic carbocycles. The average molecular weight is 290 g/mol. The smallest absolute Gasteiger partial charge is 0.341 e. The Bertz CT molecular complexity index is 415. The fourth-order valence-corrected chi connectivity index (χ4v) is 2.47. The van der Waals surface area contributed by atoms with Gasteiger partial charge in [0.25, 0.3) is 0 Å².